The lowest BCUT2D eigenvalue weighted by Gasteiger charge is -2.14. The molecule has 2 aromatic carbocycles. The maximum absolute atomic E-state index is 13.0. The van der Waals surface area contributed by atoms with Gasteiger partial charge in [-0.25, -0.2) is 0 Å². The fourth-order valence-electron chi connectivity index (χ4n) is 2.96. The number of carbonyl (C=O) groups excluding carboxylic acids is 1. The summed E-state index contributed by atoms with van der Waals surface area (Å²) < 4.78 is 45.5. The van der Waals surface area contributed by atoms with E-state index in [9.17, 15) is 18.0 Å². The van der Waals surface area contributed by atoms with Crippen LogP contribution in [0.3, 0.4) is 0 Å². The van der Waals surface area contributed by atoms with E-state index in [2.05, 4.69) is 10.4 Å². The molecule has 1 heterocycles. The third kappa shape index (κ3) is 4.77. The van der Waals surface area contributed by atoms with Gasteiger partial charge in [0.2, 0.25) is 0 Å². The zero-order valence-corrected chi connectivity index (χ0v) is 16.0. The third-order valence-corrected chi connectivity index (χ3v) is 4.37. The molecule has 1 N–H and O–H groups in total. The van der Waals surface area contributed by atoms with Crippen molar-refractivity contribution in [2.75, 3.05) is 11.9 Å². The first-order valence-electron chi connectivity index (χ1n) is 9.01. The van der Waals surface area contributed by atoms with Gasteiger partial charge in [-0.1, -0.05) is 24.3 Å². The van der Waals surface area contributed by atoms with Gasteiger partial charge in [0, 0.05) is 28.2 Å². The summed E-state index contributed by atoms with van der Waals surface area (Å²) in [5, 5.41) is 7.30. The lowest BCUT2D eigenvalue weighted by Crippen LogP contribution is -2.15. The number of nitrogens with zero attached hydrogens (tertiary/aromatic N) is 2. The maximum atomic E-state index is 13.0. The highest BCUT2D eigenvalue weighted by Crippen LogP contribution is 2.34. The minimum atomic E-state index is -4.41. The van der Waals surface area contributed by atoms with Crippen LogP contribution < -0.4 is 5.32 Å². The minimum Gasteiger partial charge on any atom is -0.465 e. The number of carbonyl (C=O) groups is 1. The summed E-state index contributed by atoms with van der Waals surface area (Å²) in [6, 6.07) is 12.3. The lowest BCUT2D eigenvalue weighted by molar-refractivity contribution is -0.144. The van der Waals surface area contributed by atoms with Crippen molar-refractivity contribution in [3.05, 3.63) is 66.0 Å². The second-order valence-electron chi connectivity index (χ2n) is 6.36. The van der Waals surface area contributed by atoms with Crippen LogP contribution in [0.4, 0.5) is 24.5 Å². The lowest BCUT2D eigenvalue weighted by atomic mass is 10.0. The van der Waals surface area contributed by atoms with Gasteiger partial charge >= 0.3 is 12.1 Å². The molecule has 0 spiro atoms. The average Bonchev–Trinajstić information content (AvgIpc) is 3.02. The van der Waals surface area contributed by atoms with Gasteiger partial charge in [-0.15, -0.1) is 0 Å². The number of hydrogen-bond acceptors (Lipinski definition) is 4. The van der Waals surface area contributed by atoms with E-state index in [-0.39, 0.29) is 19.1 Å². The van der Waals surface area contributed by atoms with Crippen molar-refractivity contribution in [1.82, 2.24) is 9.78 Å². The molecule has 0 amide bonds. The Kier molecular flexibility index (Phi) is 5.91. The number of ether oxygens (including phenoxy) is 1. The normalized spacial score (nSPS) is 11.3. The molecule has 0 atom stereocenters. The molecular weight excluding hydrogens is 383 g/mol. The smallest absolute Gasteiger partial charge is 0.416 e. The predicted molar refractivity (Wildman–Crippen MR) is 104 cm³/mol. The van der Waals surface area contributed by atoms with E-state index < -0.39 is 11.7 Å². The van der Waals surface area contributed by atoms with Crippen molar-refractivity contribution in [2.24, 2.45) is 0 Å². The van der Waals surface area contributed by atoms with Crippen molar-refractivity contribution in [2.45, 2.75) is 26.6 Å². The van der Waals surface area contributed by atoms with Crippen LogP contribution in [0.2, 0.25) is 0 Å². The molecule has 0 saturated heterocycles. The van der Waals surface area contributed by atoms with Crippen molar-refractivity contribution in [1.29, 1.82) is 0 Å². The zero-order valence-electron chi connectivity index (χ0n) is 16.0. The Morgan fingerprint density at radius 2 is 1.90 bits per heavy atom. The molecule has 29 heavy (non-hydrogen) atoms. The Morgan fingerprint density at radius 1 is 1.14 bits per heavy atom. The molecule has 0 fully saturated rings. The Bertz CT molecular complexity index is 1010. The maximum Gasteiger partial charge on any atom is 0.416 e. The minimum absolute atomic E-state index is 0.0110. The third-order valence-electron chi connectivity index (χ3n) is 4.37. The van der Waals surface area contributed by atoms with Gasteiger partial charge in [0.05, 0.1) is 18.4 Å². The average molecular weight is 403 g/mol. The second kappa shape index (κ2) is 8.38. The SMILES string of the molecule is CCOC(=O)Cn1ncc(-c2ccccc2Nc2cccc(C(F)(F)F)c2)c1C. The number of anilines is 2. The molecule has 1 aromatic heterocycles. The fraction of sp³-hybridized carbons (Fsp3) is 0.238. The van der Waals surface area contributed by atoms with Gasteiger partial charge in [-0.3, -0.25) is 9.48 Å². The number of benzene rings is 2. The molecule has 3 rings (SSSR count). The van der Waals surface area contributed by atoms with Crippen LogP contribution in [0.15, 0.2) is 54.7 Å². The molecule has 0 bridgehead atoms. The monoisotopic (exact) mass is 403 g/mol. The standard InChI is InChI=1S/C21H20F3N3O2/c1-3-29-20(28)13-27-14(2)18(12-25-27)17-9-4-5-10-19(17)26-16-8-6-7-15(11-16)21(22,23)24/h4-12,26H,3,13H2,1-2H3. The molecule has 8 heteroatoms. The summed E-state index contributed by atoms with van der Waals surface area (Å²) >= 11 is 0. The number of rotatable bonds is 6. The van der Waals surface area contributed by atoms with E-state index in [4.69, 9.17) is 4.74 Å². The highest BCUT2D eigenvalue weighted by molar-refractivity contribution is 5.82. The molecule has 0 aliphatic heterocycles. The van der Waals surface area contributed by atoms with Crippen LogP contribution in [0.5, 0.6) is 0 Å². The Balaban J connectivity index is 1.91. The molecule has 0 radical (unpaired) electrons. The highest BCUT2D eigenvalue weighted by atomic mass is 19.4. The summed E-state index contributed by atoms with van der Waals surface area (Å²) in [6.45, 7) is 3.83. The van der Waals surface area contributed by atoms with Gasteiger partial charge in [-0.2, -0.15) is 18.3 Å². The first kappa shape index (κ1) is 20.4. The molecule has 152 valence electrons. The Morgan fingerprint density at radius 3 is 2.62 bits per heavy atom. The van der Waals surface area contributed by atoms with E-state index in [1.165, 1.54) is 10.7 Å². The van der Waals surface area contributed by atoms with Crippen molar-refractivity contribution < 1.29 is 22.7 Å². The first-order chi connectivity index (χ1) is 13.8. The molecule has 0 unspecified atom stereocenters. The Labute approximate surface area is 166 Å². The van der Waals surface area contributed by atoms with E-state index in [0.29, 0.717) is 11.4 Å². The van der Waals surface area contributed by atoms with Crippen molar-refractivity contribution in [3.8, 4) is 11.1 Å². The topological polar surface area (TPSA) is 56.2 Å². The van der Waals surface area contributed by atoms with Crippen molar-refractivity contribution >= 4 is 17.3 Å². The quantitative estimate of drug-likeness (QED) is 0.576. The second-order valence-corrected chi connectivity index (χ2v) is 6.36. The number of nitrogens with one attached hydrogen (secondary N) is 1. The number of halogens is 3. The highest BCUT2D eigenvalue weighted by Gasteiger charge is 2.30. The summed E-state index contributed by atoms with van der Waals surface area (Å²) in [6.07, 6.45) is -2.79. The van der Waals surface area contributed by atoms with Crippen LogP contribution in [0.1, 0.15) is 18.2 Å². The van der Waals surface area contributed by atoms with Gasteiger partial charge in [0.1, 0.15) is 6.54 Å². The summed E-state index contributed by atoms with van der Waals surface area (Å²) in [5.41, 5.74) is 2.51. The molecule has 5 nitrogen and oxygen atoms in total. The van der Waals surface area contributed by atoms with E-state index >= 15 is 0 Å². The number of alkyl halides is 3. The van der Waals surface area contributed by atoms with Crippen LogP contribution in [0.25, 0.3) is 11.1 Å². The van der Waals surface area contributed by atoms with E-state index in [0.717, 1.165) is 29.0 Å². The van der Waals surface area contributed by atoms with Gasteiger partial charge in [0.15, 0.2) is 0 Å². The number of esters is 1. The van der Waals surface area contributed by atoms with Crippen molar-refractivity contribution in [3.63, 3.8) is 0 Å². The molecule has 0 aliphatic rings. The molecule has 0 saturated carbocycles. The number of aromatic nitrogens is 2. The van der Waals surface area contributed by atoms with Gasteiger partial charge in [0.25, 0.3) is 0 Å². The van der Waals surface area contributed by atoms with Gasteiger partial charge in [-0.05, 0) is 38.1 Å². The largest absolute Gasteiger partial charge is 0.465 e. The van der Waals surface area contributed by atoms with Crippen LogP contribution >= 0.6 is 0 Å². The van der Waals surface area contributed by atoms with E-state index in [1.807, 2.05) is 19.1 Å². The van der Waals surface area contributed by atoms with Crippen LogP contribution in [0, 0.1) is 6.92 Å². The van der Waals surface area contributed by atoms with Crippen LogP contribution in [-0.2, 0) is 22.3 Å². The first-order valence-corrected chi connectivity index (χ1v) is 9.01. The summed E-state index contributed by atoms with van der Waals surface area (Å²) in [5.74, 6) is -0.388. The molecular formula is C21H20F3N3O2. The zero-order chi connectivity index (χ0) is 21.0. The Hall–Kier alpha value is -3.29. The summed E-state index contributed by atoms with van der Waals surface area (Å²) in [4.78, 5) is 11.7. The molecule has 0 aliphatic carbocycles. The van der Waals surface area contributed by atoms with Crippen LogP contribution in [-0.4, -0.2) is 22.4 Å². The fourth-order valence-corrected chi connectivity index (χ4v) is 2.96. The van der Waals surface area contributed by atoms with Gasteiger partial charge < -0.3 is 10.1 Å². The number of para-hydroxylation sites is 1. The predicted octanol–water partition coefficient (Wildman–Crippen LogP) is 5.18. The van der Waals surface area contributed by atoms with E-state index in [1.54, 1.807) is 31.3 Å². The summed E-state index contributed by atoms with van der Waals surface area (Å²) in [7, 11) is 0. The molecule has 3 aromatic rings. The number of hydrogen-bond donors (Lipinski definition) is 1.